The molecule has 26 heavy (non-hydrogen) atoms. The monoisotopic (exact) mass is 381 g/mol. The topological polar surface area (TPSA) is 98.8 Å². The molecule has 0 radical (unpaired) electrons. The fourth-order valence-electron chi connectivity index (χ4n) is 2.33. The first kappa shape index (κ1) is 19.6. The van der Waals surface area contributed by atoms with Crippen molar-refractivity contribution in [3.63, 3.8) is 0 Å². The average molecular weight is 381 g/mol. The third-order valence-corrected chi connectivity index (χ3v) is 4.94. The van der Waals surface area contributed by atoms with Gasteiger partial charge in [0, 0.05) is 17.8 Å². The van der Waals surface area contributed by atoms with Gasteiger partial charge >= 0.3 is 0 Å². The first-order valence-electron chi connectivity index (χ1n) is 7.96. The Morgan fingerprint density at radius 1 is 1.00 bits per heavy atom. The van der Waals surface area contributed by atoms with E-state index in [9.17, 15) is 8.42 Å². The van der Waals surface area contributed by atoms with Gasteiger partial charge in [-0.3, -0.25) is 4.72 Å². The van der Waals surface area contributed by atoms with Crippen molar-refractivity contribution in [2.45, 2.75) is 13.3 Å². The number of methoxy groups -OCH3 is 3. The van der Waals surface area contributed by atoms with Crippen LogP contribution in [0.25, 0.3) is 0 Å². The van der Waals surface area contributed by atoms with Gasteiger partial charge in [-0.25, -0.2) is 13.4 Å². The van der Waals surface area contributed by atoms with Crippen LogP contribution in [0.15, 0.2) is 30.5 Å². The highest BCUT2D eigenvalue weighted by molar-refractivity contribution is 7.92. The van der Waals surface area contributed by atoms with Crippen molar-refractivity contribution < 1.29 is 22.6 Å². The van der Waals surface area contributed by atoms with Crippen molar-refractivity contribution >= 4 is 27.2 Å². The number of pyridine rings is 1. The van der Waals surface area contributed by atoms with Crippen molar-refractivity contribution in [2.24, 2.45) is 0 Å². The van der Waals surface area contributed by atoms with Gasteiger partial charge in [0.1, 0.15) is 5.82 Å². The van der Waals surface area contributed by atoms with Gasteiger partial charge in [-0.2, -0.15) is 0 Å². The zero-order valence-corrected chi connectivity index (χ0v) is 16.0. The predicted molar refractivity (Wildman–Crippen MR) is 101 cm³/mol. The molecule has 142 valence electrons. The normalized spacial score (nSPS) is 10.9. The summed E-state index contributed by atoms with van der Waals surface area (Å²) in [7, 11) is 1.27. The molecule has 0 aliphatic rings. The molecule has 2 N–H and O–H groups in total. The molecule has 0 unspecified atom stereocenters. The van der Waals surface area contributed by atoms with Gasteiger partial charge in [0.15, 0.2) is 11.5 Å². The molecule has 0 atom stereocenters. The standard InChI is InChI=1S/C17H23N3O5S/c1-5-8-26(21,22)20-12-6-7-16(18-11-12)19-13-9-14(23-2)17(25-4)15(10-13)24-3/h6-7,9-11,20H,5,8H2,1-4H3,(H,18,19). The van der Waals surface area contributed by atoms with Gasteiger partial charge in [-0.1, -0.05) is 6.92 Å². The number of benzene rings is 1. The van der Waals surface area contributed by atoms with Crippen LogP contribution in [0.2, 0.25) is 0 Å². The molecule has 0 saturated carbocycles. The lowest BCUT2D eigenvalue weighted by molar-refractivity contribution is 0.324. The van der Waals surface area contributed by atoms with E-state index in [1.54, 1.807) is 24.3 Å². The van der Waals surface area contributed by atoms with Crippen LogP contribution in [-0.4, -0.2) is 40.5 Å². The third-order valence-electron chi connectivity index (χ3n) is 3.45. The molecule has 0 amide bonds. The summed E-state index contributed by atoms with van der Waals surface area (Å²) in [6.45, 7) is 1.81. The van der Waals surface area contributed by atoms with Gasteiger partial charge in [-0.15, -0.1) is 0 Å². The molecule has 0 aliphatic heterocycles. The predicted octanol–water partition coefficient (Wildman–Crippen LogP) is 3.00. The van der Waals surface area contributed by atoms with E-state index in [0.29, 0.717) is 40.9 Å². The summed E-state index contributed by atoms with van der Waals surface area (Å²) in [4.78, 5) is 4.22. The largest absolute Gasteiger partial charge is 0.493 e. The minimum Gasteiger partial charge on any atom is -0.493 e. The van der Waals surface area contributed by atoms with Crippen LogP contribution in [-0.2, 0) is 10.0 Å². The number of rotatable bonds is 9. The zero-order chi connectivity index (χ0) is 19.2. The fourth-order valence-corrected chi connectivity index (χ4v) is 3.45. The molecule has 2 rings (SSSR count). The third kappa shape index (κ3) is 4.92. The van der Waals surface area contributed by atoms with Crippen LogP contribution in [0, 0.1) is 0 Å². The Labute approximate surface area is 153 Å². The lowest BCUT2D eigenvalue weighted by atomic mass is 10.2. The number of hydrogen-bond donors (Lipinski definition) is 2. The average Bonchev–Trinajstić information content (AvgIpc) is 2.62. The first-order valence-corrected chi connectivity index (χ1v) is 9.61. The maximum Gasteiger partial charge on any atom is 0.232 e. The Hall–Kier alpha value is -2.68. The van der Waals surface area contributed by atoms with Crippen LogP contribution in [0.4, 0.5) is 17.2 Å². The summed E-state index contributed by atoms with van der Waals surface area (Å²) in [5.41, 5.74) is 1.10. The molecule has 1 aromatic heterocycles. The molecular formula is C17H23N3O5S. The number of anilines is 3. The van der Waals surface area contributed by atoms with Crippen molar-refractivity contribution in [1.82, 2.24) is 4.98 Å². The van der Waals surface area contributed by atoms with Crippen LogP contribution in [0.3, 0.4) is 0 Å². The highest BCUT2D eigenvalue weighted by atomic mass is 32.2. The Bertz CT molecular complexity index is 813. The quantitative estimate of drug-likeness (QED) is 0.689. The Kier molecular flexibility index (Phi) is 6.51. The molecule has 0 spiro atoms. The molecule has 0 saturated heterocycles. The minimum absolute atomic E-state index is 0.0679. The van der Waals surface area contributed by atoms with E-state index >= 15 is 0 Å². The fraction of sp³-hybridized carbons (Fsp3) is 0.353. The molecule has 9 heteroatoms. The zero-order valence-electron chi connectivity index (χ0n) is 15.2. The van der Waals surface area contributed by atoms with E-state index in [-0.39, 0.29) is 5.75 Å². The van der Waals surface area contributed by atoms with Crippen molar-refractivity contribution in [1.29, 1.82) is 0 Å². The van der Waals surface area contributed by atoms with Gasteiger partial charge in [0.2, 0.25) is 15.8 Å². The number of sulfonamides is 1. The summed E-state index contributed by atoms with van der Waals surface area (Å²) >= 11 is 0. The summed E-state index contributed by atoms with van der Waals surface area (Å²) in [6, 6.07) is 6.81. The second-order valence-corrected chi connectivity index (χ2v) is 7.23. The molecule has 0 fully saturated rings. The molecule has 8 nitrogen and oxygen atoms in total. The lowest BCUT2D eigenvalue weighted by Crippen LogP contribution is -2.16. The van der Waals surface area contributed by atoms with Crippen molar-refractivity contribution in [3.05, 3.63) is 30.5 Å². The van der Waals surface area contributed by atoms with Crippen LogP contribution in [0.5, 0.6) is 17.2 Å². The summed E-state index contributed by atoms with van der Waals surface area (Å²) in [5, 5.41) is 3.12. The van der Waals surface area contributed by atoms with Gasteiger partial charge < -0.3 is 19.5 Å². The SMILES string of the molecule is CCCS(=O)(=O)Nc1ccc(Nc2cc(OC)c(OC)c(OC)c2)nc1. The molecule has 0 bridgehead atoms. The molecular weight excluding hydrogens is 358 g/mol. The number of hydrogen-bond acceptors (Lipinski definition) is 7. The van der Waals surface area contributed by atoms with Crippen LogP contribution >= 0.6 is 0 Å². The van der Waals surface area contributed by atoms with Gasteiger partial charge in [0.25, 0.3) is 0 Å². The molecule has 1 heterocycles. The van der Waals surface area contributed by atoms with Crippen molar-refractivity contribution in [2.75, 3.05) is 37.1 Å². The second kappa shape index (κ2) is 8.61. The van der Waals surface area contributed by atoms with E-state index in [4.69, 9.17) is 14.2 Å². The first-order chi connectivity index (χ1) is 12.4. The molecule has 0 aliphatic carbocycles. The number of aromatic nitrogens is 1. The highest BCUT2D eigenvalue weighted by Gasteiger charge is 2.14. The van der Waals surface area contributed by atoms with E-state index in [0.717, 1.165) is 0 Å². The highest BCUT2D eigenvalue weighted by Crippen LogP contribution is 2.40. The number of ether oxygens (including phenoxy) is 3. The van der Waals surface area contributed by atoms with E-state index < -0.39 is 10.0 Å². The number of nitrogens with zero attached hydrogens (tertiary/aromatic N) is 1. The second-order valence-electron chi connectivity index (χ2n) is 5.39. The van der Waals surface area contributed by atoms with Crippen LogP contribution < -0.4 is 24.2 Å². The van der Waals surface area contributed by atoms with E-state index in [1.165, 1.54) is 27.5 Å². The number of nitrogens with one attached hydrogen (secondary N) is 2. The van der Waals surface area contributed by atoms with E-state index in [1.807, 2.05) is 6.92 Å². The maximum absolute atomic E-state index is 11.8. The van der Waals surface area contributed by atoms with E-state index in [2.05, 4.69) is 15.0 Å². The maximum atomic E-state index is 11.8. The Morgan fingerprint density at radius 3 is 2.12 bits per heavy atom. The van der Waals surface area contributed by atoms with Gasteiger partial charge in [-0.05, 0) is 18.6 Å². The molecule has 1 aromatic carbocycles. The smallest absolute Gasteiger partial charge is 0.232 e. The summed E-state index contributed by atoms with van der Waals surface area (Å²) in [6.07, 6.45) is 2.00. The molecule has 2 aromatic rings. The van der Waals surface area contributed by atoms with Crippen molar-refractivity contribution in [3.8, 4) is 17.2 Å². The Morgan fingerprint density at radius 2 is 1.65 bits per heavy atom. The summed E-state index contributed by atoms with van der Waals surface area (Å²) in [5.74, 6) is 2.13. The summed E-state index contributed by atoms with van der Waals surface area (Å²) < 4.78 is 42.0. The minimum atomic E-state index is -3.34. The Balaban J connectivity index is 2.19. The van der Waals surface area contributed by atoms with Gasteiger partial charge in [0.05, 0.1) is 39.0 Å². The van der Waals surface area contributed by atoms with Crippen LogP contribution in [0.1, 0.15) is 13.3 Å². The lowest BCUT2D eigenvalue weighted by Gasteiger charge is -2.15.